The summed E-state index contributed by atoms with van der Waals surface area (Å²) in [4.78, 5) is 15.9. The molecule has 0 saturated carbocycles. The van der Waals surface area contributed by atoms with Crippen molar-refractivity contribution in [2.24, 2.45) is 0 Å². The van der Waals surface area contributed by atoms with Gasteiger partial charge in [-0.15, -0.1) is 11.8 Å². The van der Waals surface area contributed by atoms with E-state index in [0.29, 0.717) is 15.8 Å². The second-order valence-electron chi connectivity index (χ2n) is 4.32. The smallest absolute Gasteiger partial charge is 0.291 e. The zero-order valence-electron chi connectivity index (χ0n) is 9.65. The third-order valence-electron chi connectivity index (χ3n) is 3.09. The molecule has 0 aliphatic carbocycles. The van der Waals surface area contributed by atoms with Crippen LogP contribution in [0.1, 0.15) is 6.42 Å². The van der Waals surface area contributed by atoms with Gasteiger partial charge in [0.05, 0.1) is 5.52 Å². The van der Waals surface area contributed by atoms with Crippen LogP contribution in [0.2, 0.25) is 0 Å². The molecule has 0 N–H and O–H groups in total. The maximum Gasteiger partial charge on any atom is 0.400 e. The van der Waals surface area contributed by atoms with Crippen molar-refractivity contribution in [3.05, 3.63) is 34.9 Å². The first-order valence-electron chi connectivity index (χ1n) is 5.69. The molecule has 7 heteroatoms. The number of benzene rings is 1. The Labute approximate surface area is 110 Å². The lowest BCUT2D eigenvalue weighted by atomic mass is 10.2. The maximum absolute atomic E-state index is 12.9. The van der Waals surface area contributed by atoms with E-state index < -0.39 is 17.1 Å². The lowest BCUT2D eigenvalue weighted by Crippen LogP contribution is -2.28. The van der Waals surface area contributed by atoms with Gasteiger partial charge >= 0.3 is 11.9 Å². The minimum Gasteiger partial charge on any atom is -0.291 e. The van der Waals surface area contributed by atoms with E-state index in [1.54, 1.807) is 18.2 Å². The summed E-state index contributed by atoms with van der Waals surface area (Å²) in [5.74, 6) is 0. The average molecular weight is 286 g/mol. The fourth-order valence-corrected chi connectivity index (χ4v) is 3.37. The monoisotopic (exact) mass is 286 g/mol. The number of aryl methyl sites for hydroxylation is 1. The van der Waals surface area contributed by atoms with Crippen molar-refractivity contribution in [2.75, 3.05) is 0 Å². The number of aromatic nitrogens is 2. The van der Waals surface area contributed by atoms with Crippen LogP contribution in [-0.2, 0) is 6.54 Å². The molecule has 3 nitrogen and oxygen atoms in total. The van der Waals surface area contributed by atoms with Crippen LogP contribution < -0.4 is 5.69 Å². The topological polar surface area (TPSA) is 34.9 Å². The summed E-state index contributed by atoms with van der Waals surface area (Å²) in [6.07, 6.45) is -2.98. The summed E-state index contributed by atoms with van der Waals surface area (Å²) in [6, 6.07) is 5.04. The summed E-state index contributed by atoms with van der Waals surface area (Å²) in [7, 11) is 0. The van der Waals surface area contributed by atoms with Gasteiger partial charge in [0.15, 0.2) is 0 Å². The van der Waals surface area contributed by atoms with Gasteiger partial charge in [-0.3, -0.25) is 4.57 Å². The Morgan fingerprint density at radius 1 is 1.37 bits per heavy atom. The second-order valence-corrected chi connectivity index (χ2v) is 5.57. The molecule has 0 saturated heterocycles. The zero-order chi connectivity index (χ0) is 13.6. The van der Waals surface area contributed by atoms with Gasteiger partial charge in [0.1, 0.15) is 5.25 Å². The van der Waals surface area contributed by atoms with Crippen LogP contribution in [-0.4, -0.2) is 21.0 Å². The molecule has 1 aliphatic heterocycles. The first-order valence-corrected chi connectivity index (χ1v) is 6.57. The first-order chi connectivity index (χ1) is 8.97. The SMILES string of the molecule is O=c1ncc2cccc3c2n1CCC(C(F)(F)F)S3. The molecule has 1 unspecified atom stereocenters. The number of nitrogens with zero attached hydrogens (tertiary/aromatic N) is 2. The highest BCUT2D eigenvalue weighted by molar-refractivity contribution is 8.00. The molecule has 19 heavy (non-hydrogen) atoms. The number of alkyl halides is 3. The normalized spacial score (nSPS) is 19.4. The summed E-state index contributed by atoms with van der Waals surface area (Å²) in [5.41, 5.74) is 0.0580. The van der Waals surface area contributed by atoms with Gasteiger partial charge in [-0.1, -0.05) is 12.1 Å². The van der Waals surface area contributed by atoms with Gasteiger partial charge in [0, 0.05) is 23.0 Å². The van der Waals surface area contributed by atoms with Gasteiger partial charge in [-0.05, 0) is 12.5 Å². The molecular weight excluding hydrogens is 277 g/mol. The van der Waals surface area contributed by atoms with Gasteiger partial charge in [0.25, 0.3) is 0 Å². The third-order valence-corrected chi connectivity index (χ3v) is 4.47. The molecule has 0 radical (unpaired) electrons. The largest absolute Gasteiger partial charge is 0.400 e. The highest BCUT2D eigenvalue weighted by Crippen LogP contribution is 2.41. The standard InChI is InChI=1S/C12H9F3N2OS/c13-12(14,15)9-4-5-17-10-7(6-16-11(17)18)2-1-3-8(10)19-9/h1-3,6,9H,4-5H2. The summed E-state index contributed by atoms with van der Waals surface area (Å²) < 4.78 is 40.1. The van der Waals surface area contributed by atoms with Crippen molar-refractivity contribution < 1.29 is 13.2 Å². The van der Waals surface area contributed by atoms with Crippen molar-refractivity contribution in [3.8, 4) is 0 Å². The van der Waals surface area contributed by atoms with Gasteiger partial charge < -0.3 is 0 Å². The quantitative estimate of drug-likeness (QED) is 0.747. The number of rotatable bonds is 0. The minimum atomic E-state index is -4.27. The molecule has 0 amide bonds. The van der Waals surface area contributed by atoms with E-state index in [9.17, 15) is 18.0 Å². The second kappa shape index (κ2) is 4.26. The Morgan fingerprint density at radius 3 is 2.89 bits per heavy atom. The van der Waals surface area contributed by atoms with Crippen LogP contribution in [0.25, 0.3) is 10.9 Å². The van der Waals surface area contributed by atoms with E-state index in [1.807, 2.05) is 0 Å². The van der Waals surface area contributed by atoms with Crippen LogP contribution in [0, 0.1) is 0 Å². The molecule has 3 rings (SSSR count). The number of para-hydroxylation sites is 1. The van der Waals surface area contributed by atoms with E-state index in [1.165, 1.54) is 10.8 Å². The first kappa shape index (κ1) is 12.5. The Hall–Kier alpha value is -1.50. The fourth-order valence-electron chi connectivity index (χ4n) is 2.21. The number of halogens is 3. The molecule has 0 fully saturated rings. The molecule has 1 atom stereocenters. The molecule has 0 spiro atoms. The lowest BCUT2D eigenvalue weighted by molar-refractivity contribution is -0.130. The summed E-state index contributed by atoms with van der Waals surface area (Å²) >= 11 is 0.773. The Morgan fingerprint density at radius 2 is 2.16 bits per heavy atom. The Bertz CT molecular complexity index is 695. The minimum absolute atomic E-state index is 0.0391. The van der Waals surface area contributed by atoms with E-state index in [4.69, 9.17) is 0 Å². The molecule has 1 aromatic heterocycles. The van der Waals surface area contributed by atoms with Crippen molar-refractivity contribution in [3.63, 3.8) is 0 Å². The number of hydrogen-bond donors (Lipinski definition) is 0. The van der Waals surface area contributed by atoms with Gasteiger partial charge in [-0.25, -0.2) is 9.78 Å². The highest BCUT2D eigenvalue weighted by Gasteiger charge is 2.41. The van der Waals surface area contributed by atoms with Crippen LogP contribution in [0.15, 0.2) is 34.1 Å². The summed E-state index contributed by atoms with van der Waals surface area (Å²) in [6.45, 7) is 0.0391. The maximum atomic E-state index is 12.9. The van der Waals surface area contributed by atoms with E-state index in [0.717, 1.165) is 11.8 Å². The van der Waals surface area contributed by atoms with Crippen LogP contribution in [0.4, 0.5) is 13.2 Å². The van der Waals surface area contributed by atoms with Gasteiger partial charge in [-0.2, -0.15) is 13.2 Å². The average Bonchev–Trinajstić information content (AvgIpc) is 2.54. The fraction of sp³-hybridized carbons (Fsp3) is 0.333. The molecule has 100 valence electrons. The van der Waals surface area contributed by atoms with E-state index in [2.05, 4.69) is 4.98 Å². The van der Waals surface area contributed by atoms with E-state index in [-0.39, 0.29) is 13.0 Å². The lowest BCUT2D eigenvalue weighted by Gasteiger charge is -2.17. The molecular formula is C12H9F3N2OS. The molecule has 1 aliphatic rings. The van der Waals surface area contributed by atoms with Crippen LogP contribution in [0.3, 0.4) is 0 Å². The third kappa shape index (κ3) is 2.11. The predicted octanol–water partition coefficient (Wildman–Crippen LogP) is 2.82. The van der Waals surface area contributed by atoms with Crippen molar-refractivity contribution >= 4 is 22.7 Å². The zero-order valence-corrected chi connectivity index (χ0v) is 10.5. The number of thioether (sulfide) groups is 1. The molecule has 2 aromatic rings. The Kier molecular flexibility index (Phi) is 2.81. The highest BCUT2D eigenvalue weighted by atomic mass is 32.2. The summed E-state index contributed by atoms with van der Waals surface area (Å²) in [5, 5.41) is -0.801. The van der Waals surface area contributed by atoms with Gasteiger partial charge in [0.2, 0.25) is 0 Å². The molecule has 0 bridgehead atoms. The molecule has 2 heterocycles. The van der Waals surface area contributed by atoms with Crippen LogP contribution in [0.5, 0.6) is 0 Å². The Balaban J connectivity index is 2.22. The molecule has 1 aromatic carbocycles. The van der Waals surface area contributed by atoms with Crippen molar-refractivity contribution in [1.82, 2.24) is 9.55 Å². The van der Waals surface area contributed by atoms with Crippen molar-refractivity contribution in [1.29, 1.82) is 0 Å². The van der Waals surface area contributed by atoms with Crippen molar-refractivity contribution in [2.45, 2.75) is 29.3 Å². The predicted molar refractivity (Wildman–Crippen MR) is 66.3 cm³/mol. The number of hydrogen-bond acceptors (Lipinski definition) is 3. The van der Waals surface area contributed by atoms with Crippen LogP contribution >= 0.6 is 11.8 Å². The van der Waals surface area contributed by atoms with E-state index >= 15 is 0 Å².